The molecule has 2 aromatic carbocycles. The largest absolute Gasteiger partial charge is 0.454 e. The van der Waals surface area contributed by atoms with Crippen molar-refractivity contribution in [3.05, 3.63) is 60.2 Å². The number of rotatable bonds is 5. The molecule has 0 fully saturated rings. The highest BCUT2D eigenvalue weighted by molar-refractivity contribution is 7.39. The van der Waals surface area contributed by atoms with Gasteiger partial charge in [-0.3, -0.25) is 0 Å². The van der Waals surface area contributed by atoms with Crippen LogP contribution >= 0.6 is 17.6 Å². The molecule has 0 spiro atoms. The molecule has 0 aliphatic rings. The van der Waals surface area contributed by atoms with Crippen molar-refractivity contribution in [1.82, 2.24) is 0 Å². The average Bonchev–Trinajstić information content (AvgIpc) is 2.40. The van der Waals surface area contributed by atoms with Crippen LogP contribution in [0, 0.1) is 6.92 Å². The second kappa shape index (κ2) is 7.10. The molecule has 0 N–H and O–H groups in total. The maximum Gasteiger partial charge on any atom is 0.249 e. The van der Waals surface area contributed by atoms with Gasteiger partial charge in [-0.15, -0.1) is 0 Å². The predicted octanol–water partition coefficient (Wildman–Crippen LogP) is 5.01. The fraction of sp³-hybridized carbons (Fsp3) is 0.0769. The van der Waals surface area contributed by atoms with Crippen molar-refractivity contribution >= 4 is 17.6 Å². The minimum Gasteiger partial charge on any atom is -0.454 e. The topological polar surface area (TPSA) is 30.8 Å². The fourth-order valence-electron chi connectivity index (χ4n) is 1.32. The Labute approximate surface area is 110 Å². The van der Waals surface area contributed by atoms with Gasteiger partial charge in [-0.05, 0) is 36.8 Å². The lowest BCUT2D eigenvalue weighted by Gasteiger charge is -2.01. The van der Waals surface area contributed by atoms with Crippen LogP contribution < -0.4 is 9.05 Å². The lowest BCUT2D eigenvalue weighted by molar-refractivity contribution is 0.626. The van der Waals surface area contributed by atoms with Crippen molar-refractivity contribution < 1.29 is 9.05 Å². The molecule has 0 aliphatic carbocycles. The van der Waals surface area contributed by atoms with Gasteiger partial charge in [0.25, 0.3) is 0 Å². The van der Waals surface area contributed by atoms with Gasteiger partial charge in [-0.2, -0.15) is 4.52 Å². The van der Waals surface area contributed by atoms with Crippen LogP contribution in [0.3, 0.4) is 0 Å². The minimum absolute atomic E-state index is 0.0454. The molecule has 0 radical (unpaired) electrons. The summed E-state index contributed by atoms with van der Waals surface area (Å²) in [7, 11) is 0.602. The van der Waals surface area contributed by atoms with E-state index in [0.29, 0.717) is 8.60 Å². The standard InChI is InChI=1S/C13H13NO2P2/c1-11-6-5-9-13(10-11)16-18-14-17-15-12-7-3-2-4-8-12/h2-10,18H,1H3. The molecule has 2 aromatic rings. The highest BCUT2D eigenvalue weighted by atomic mass is 31.1. The highest BCUT2D eigenvalue weighted by Crippen LogP contribution is 2.26. The van der Waals surface area contributed by atoms with E-state index >= 15 is 0 Å². The summed E-state index contributed by atoms with van der Waals surface area (Å²) in [5.74, 6) is 1.65. The van der Waals surface area contributed by atoms with Crippen LogP contribution in [0.25, 0.3) is 0 Å². The highest BCUT2D eigenvalue weighted by Gasteiger charge is 1.92. The maximum absolute atomic E-state index is 5.50. The van der Waals surface area contributed by atoms with Crippen molar-refractivity contribution in [3.8, 4) is 11.5 Å². The zero-order valence-electron chi connectivity index (χ0n) is 9.91. The monoisotopic (exact) mass is 277 g/mol. The second-order valence-electron chi connectivity index (χ2n) is 3.60. The molecule has 0 heterocycles. The Morgan fingerprint density at radius 3 is 2.56 bits per heavy atom. The molecule has 0 saturated heterocycles. The molecule has 0 aliphatic heterocycles. The smallest absolute Gasteiger partial charge is 0.249 e. The third-order valence-electron chi connectivity index (χ3n) is 2.12. The summed E-state index contributed by atoms with van der Waals surface area (Å²) >= 11 is 0. The van der Waals surface area contributed by atoms with Crippen molar-refractivity contribution in [2.24, 2.45) is 4.52 Å². The van der Waals surface area contributed by atoms with Crippen LogP contribution in [-0.4, -0.2) is 0 Å². The van der Waals surface area contributed by atoms with Gasteiger partial charge >= 0.3 is 0 Å². The SMILES string of the molecule is Cc1cccc(OPN=POc2ccccc2)c1. The Kier molecular flexibility index (Phi) is 5.14. The van der Waals surface area contributed by atoms with Crippen molar-refractivity contribution in [3.63, 3.8) is 0 Å². The first-order valence-electron chi connectivity index (χ1n) is 5.45. The van der Waals surface area contributed by atoms with Crippen molar-refractivity contribution in [1.29, 1.82) is 0 Å². The number of benzene rings is 2. The first-order chi connectivity index (χ1) is 8.84. The van der Waals surface area contributed by atoms with Gasteiger partial charge in [0.15, 0.2) is 0 Å². The van der Waals surface area contributed by atoms with Gasteiger partial charge in [0.1, 0.15) is 11.5 Å². The lowest BCUT2D eigenvalue weighted by Crippen LogP contribution is -1.77. The third kappa shape index (κ3) is 4.44. The third-order valence-corrected chi connectivity index (χ3v) is 3.40. The van der Waals surface area contributed by atoms with E-state index in [9.17, 15) is 0 Å². The molecule has 1 atom stereocenters. The van der Waals surface area contributed by atoms with Gasteiger partial charge < -0.3 is 9.05 Å². The number of nitrogens with zero attached hydrogens (tertiary/aromatic N) is 1. The molecule has 2 rings (SSSR count). The van der Waals surface area contributed by atoms with Crippen LogP contribution in [0.5, 0.6) is 11.5 Å². The maximum atomic E-state index is 5.50. The van der Waals surface area contributed by atoms with E-state index in [1.807, 2.05) is 61.5 Å². The summed E-state index contributed by atoms with van der Waals surface area (Å²) in [5.41, 5.74) is 1.18. The molecular weight excluding hydrogens is 264 g/mol. The quantitative estimate of drug-likeness (QED) is 0.719. The van der Waals surface area contributed by atoms with Gasteiger partial charge in [-0.25, -0.2) is 0 Å². The van der Waals surface area contributed by atoms with Gasteiger partial charge in [-0.1, -0.05) is 30.3 Å². The molecule has 0 saturated carbocycles. The normalized spacial score (nSPS) is 11.2. The van der Waals surface area contributed by atoms with E-state index < -0.39 is 0 Å². The van der Waals surface area contributed by atoms with E-state index in [1.54, 1.807) is 0 Å². The zero-order chi connectivity index (χ0) is 12.6. The molecule has 18 heavy (non-hydrogen) atoms. The summed E-state index contributed by atoms with van der Waals surface area (Å²) in [6, 6.07) is 17.5. The van der Waals surface area contributed by atoms with Crippen LogP contribution in [-0.2, 0) is 0 Å². The van der Waals surface area contributed by atoms with Crippen LogP contribution in [0.4, 0.5) is 0 Å². The summed E-state index contributed by atoms with van der Waals surface area (Å²) < 4.78 is 15.0. The first-order valence-corrected chi connectivity index (χ1v) is 7.07. The van der Waals surface area contributed by atoms with E-state index in [2.05, 4.69) is 4.52 Å². The molecule has 92 valence electrons. The lowest BCUT2D eigenvalue weighted by atomic mass is 10.2. The predicted molar refractivity (Wildman–Crippen MR) is 76.5 cm³/mol. The number of para-hydroxylation sites is 1. The molecule has 0 amide bonds. The zero-order valence-corrected chi connectivity index (χ0v) is 11.8. The van der Waals surface area contributed by atoms with Gasteiger partial charge in [0, 0.05) is 0 Å². The van der Waals surface area contributed by atoms with E-state index in [1.165, 1.54) is 5.56 Å². The van der Waals surface area contributed by atoms with Crippen molar-refractivity contribution in [2.75, 3.05) is 0 Å². The molecule has 1 unspecified atom stereocenters. The molecule has 3 nitrogen and oxygen atoms in total. The molecule has 0 bridgehead atoms. The van der Waals surface area contributed by atoms with Crippen LogP contribution in [0.1, 0.15) is 5.56 Å². The second-order valence-corrected chi connectivity index (χ2v) is 5.13. The summed E-state index contributed by atoms with van der Waals surface area (Å²) in [6.45, 7) is 2.03. The fourth-order valence-corrected chi connectivity index (χ4v) is 2.23. The van der Waals surface area contributed by atoms with E-state index in [0.717, 1.165) is 11.5 Å². The van der Waals surface area contributed by atoms with Gasteiger partial charge in [0.2, 0.25) is 17.6 Å². The van der Waals surface area contributed by atoms with Crippen LogP contribution in [0.2, 0.25) is 0 Å². The van der Waals surface area contributed by atoms with E-state index in [4.69, 9.17) is 9.05 Å². The molecule has 0 aromatic heterocycles. The Hall–Kier alpha value is -1.43. The average molecular weight is 277 g/mol. The van der Waals surface area contributed by atoms with Crippen LogP contribution in [0.15, 0.2) is 59.1 Å². The van der Waals surface area contributed by atoms with Gasteiger partial charge in [0.05, 0.1) is 0 Å². The minimum atomic E-state index is 0.0454. The number of hydrogen-bond donors (Lipinski definition) is 0. The Bertz CT molecular complexity index is 517. The Balaban J connectivity index is 1.75. The Morgan fingerprint density at radius 2 is 1.78 bits per heavy atom. The first kappa shape index (κ1) is 13.0. The Morgan fingerprint density at radius 1 is 1.00 bits per heavy atom. The van der Waals surface area contributed by atoms with Crippen molar-refractivity contribution in [2.45, 2.75) is 6.92 Å². The number of aryl methyl sites for hydroxylation is 1. The molecule has 5 heteroatoms. The summed E-state index contributed by atoms with van der Waals surface area (Å²) in [4.78, 5) is 0. The molecular formula is C13H13NO2P2. The van der Waals surface area contributed by atoms with E-state index in [-0.39, 0.29) is 8.96 Å². The summed E-state index contributed by atoms with van der Waals surface area (Å²) in [5, 5.41) is 0. The number of hydrogen-bond acceptors (Lipinski definition) is 3. The summed E-state index contributed by atoms with van der Waals surface area (Å²) in [6.07, 6.45) is 0.